The van der Waals surface area contributed by atoms with E-state index in [4.69, 9.17) is 9.16 Å². The van der Waals surface area contributed by atoms with Gasteiger partial charge in [-0.25, -0.2) is 9.59 Å². The van der Waals surface area contributed by atoms with Gasteiger partial charge in [0.1, 0.15) is 11.6 Å². The van der Waals surface area contributed by atoms with Crippen LogP contribution in [0.4, 0.5) is 4.79 Å². The molecule has 0 unspecified atom stereocenters. The molecule has 0 aromatic carbocycles. The minimum Gasteiger partial charge on any atom is -0.480 e. The van der Waals surface area contributed by atoms with Crippen LogP contribution in [0.5, 0.6) is 0 Å². The summed E-state index contributed by atoms with van der Waals surface area (Å²) in [6.07, 6.45) is -0.520. The second-order valence-electron chi connectivity index (χ2n) is 7.93. The van der Waals surface area contributed by atoms with Crippen LogP contribution in [0.3, 0.4) is 0 Å². The molecule has 0 aromatic heterocycles. The SMILES string of the molecule is CC(C)(C)OC(=O)N[C@@H](CCO[Si](C)(C)C(C)(C)C)C(=O)O. The lowest BCUT2D eigenvalue weighted by Gasteiger charge is -2.36. The highest BCUT2D eigenvalue weighted by molar-refractivity contribution is 6.74. The normalized spacial score (nSPS) is 14.4. The molecule has 0 aliphatic rings. The van der Waals surface area contributed by atoms with Crippen molar-refractivity contribution in [2.24, 2.45) is 0 Å². The molecular weight excluding hydrogens is 302 g/mol. The number of nitrogens with one attached hydrogen (secondary N) is 1. The first-order chi connectivity index (χ1) is 9.66. The fourth-order valence-electron chi connectivity index (χ4n) is 1.36. The van der Waals surface area contributed by atoms with Crippen LogP contribution in [-0.4, -0.2) is 43.7 Å². The third-order valence-electron chi connectivity index (χ3n) is 3.66. The van der Waals surface area contributed by atoms with Gasteiger partial charge in [-0.1, -0.05) is 20.8 Å². The zero-order chi connectivity index (χ0) is 17.8. The van der Waals surface area contributed by atoms with Crippen molar-refractivity contribution in [1.29, 1.82) is 0 Å². The Kier molecular flexibility index (Phi) is 7.09. The molecule has 0 fully saturated rings. The summed E-state index contributed by atoms with van der Waals surface area (Å²) >= 11 is 0. The minimum absolute atomic E-state index is 0.0598. The molecule has 0 rings (SSSR count). The molecular formula is C15H31NO5Si. The predicted molar refractivity (Wildman–Crippen MR) is 88.6 cm³/mol. The molecule has 1 amide bonds. The van der Waals surface area contributed by atoms with Crippen LogP contribution in [0.2, 0.25) is 18.1 Å². The summed E-state index contributed by atoms with van der Waals surface area (Å²) in [7, 11) is -1.92. The highest BCUT2D eigenvalue weighted by Gasteiger charge is 2.37. The van der Waals surface area contributed by atoms with Gasteiger partial charge in [0.05, 0.1) is 0 Å². The summed E-state index contributed by atoms with van der Waals surface area (Å²) in [6.45, 7) is 16.0. The number of carboxylic acid groups (broad SMARTS) is 1. The van der Waals surface area contributed by atoms with Crippen molar-refractivity contribution in [1.82, 2.24) is 5.32 Å². The predicted octanol–water partition coefficient (Wildman–Crippen LogP) is 3.38. The van der Waals surface area contributed by atoms with Gasteiger partial charge in [0.25, 0.3) is 0 Å². The van der Waals surface area contributed by atoms with E-state index in [2.05, 4.69) is 39.2 Å². The van der Waals surface area contributed by atoms with Gasteiger partial charge in [0.2, 0.25) is 0 Å². The number of alkyl carbamates (subject to hydrolysis) is 1. The number of ether oxygens (including phenoxy) is 1. The highest BCUT2D eigenvalue weighted by Crippen LogP contribution is 2.36. The van der Waals surface area contributed by atoms with E-state index in [9.17, 15) is 14.7 Å². The molecule has 0 aliphatic heterocycles. The molecule has 0 aliphatic carbocycles. The van der Waals surface area contributed by atoms with Crippen LogP contribution in [-0.2, 0) is 14.0 Å². The van der Waals surface area contributed by atoms with Crippen LogP contribution < -0.4 is 5.32 Å². The fraction of sp³-hybridized carbons (Fsp3) is 0.867. The molecule has 0 radical (unpaired) electrons. The zero-order valence-corrected chi connectivity index (χ0v) is 16.1. The Bertz CT molecular complexity index is 396. The van der Waals surface area contributed by atoms with Crippen LogP contribution in [0.1, 0.15) is 48.0 Å². The van der Waals surface area contributed by atoms with Crippen LogP contribution in [0, 0.1) is 0 Å². The van der Waals surface area contributed by atoms with Gasteiger partial charge in [-0.05, 0) is 38.9 Å². The Labute approximate surface area is 134 Å². The fourth-order valence-corrected chi connectivity index (χ4v) is 2.42. The second-order valence-corrected chi connectivity index (χ2v) is 12.7. The Morgan fingerprint density at radius 1 is 1.14 bits per heavy atom. The van der Waals surface area contributed by atoms with Crippen molar-refractivity contribution in [3.05, 3.63) is 0 Å². The van der Waals surface area contributed by atoms with Gasteiger partial charge >= 0.3 is 12.1 Å². The largest absolute Gasteiger partial charge is 0.480 e. The first-order valence-corrected chi connectivity index (χ1v) is 10.4. The summed E-state index contributed by atoms with van der Waals surface area (Å²) in [4.78, 5) is 22.9. The quantitative estimate of drug-likeness (QED) is 0.728. The van der Waals surface area contributed by atoms with Gasteiger partial charge in [0, 0.05) is 13.0 Å². The average Bonchev–Trinajstić information content (AvgIpc) is 2.22. The number of hydrogen-bond acceptors (Lipinski definition) is 4. The minimum atomic E-state index is -1.92. The number of hydrogen-bond donors (Lipinski definition) is 2. The molecule has 2 N–H and O–H groups in total. The maximum absolute atomic E-state index is 11.7. The Hall–Kier alpha value is -1.08. The molecule has 0 bridgehead atoms. The zero-order valence-electron chi connectivity index (χ0n) is 15.1. The van der Waals surface area contributed by atoms with Gasteiger partial charge in [0.15, 0.2) is 8.32 Å². The maximum atomic E-state index is 11.7. The lowest BCUT2D eigenvalue weighted by molar-refractivity contribution is -0.139. The van der Waals surface area contributed by atoms with E-state index in [-0.39, 0.29) is 11.5 Å². The third-order valence-corrected chi connectivity index (χ3v) is 8.20. The summed E-state index contributed by atoms with van der Waals surface area (Å²) in [6, 6.07) is -1.01. The summed E-state index contributed by atoms with van der Waals surface area (Å²) in [5, 5.41) is 11.6. The first kappa shape index (κ1) is 20.9. The van der Waals surface area contributed by atoms with E-state index >= 15 is 0 Å². The molecule has 130 valence electrons. The van der Waals surface area contributed by atoms with Crippen molar-refractivity contribution in [3.63, 3.8) is 0 Å². The van der Waals surface area contributed by atoms with E-state index in [0.717, 1.165) is 0 Å². The van der Waals surface area contributed by atoms with Gasteiger partial charge in [-0.2, -0.15) is 0 Å². The second kappa shape index (κ2) is 7.46. The van der Waals surface area contributed by atoms with E-state index < -0.39 is 32.0 Å². The first-order valence-electron chi connectivity index (χ1n) is 7.52. The highest BCUT2D eigenvalue weighted by atomic mass is 28.4. The Morgan fingerprint density at radius 3 is 2.00 bits per heavy atom. The van der Waals surface area contributed by atoms with Crippen molar-refractivity contribution in [2.75, 3.05) is 6.61 Å². The van der Waals surface area contributed by atoms with Crippen LogP contribution in [0.15, 0.2) is 0 Å². The molecule has 22 heavy (non-hydrogen) atoms. The standard InChI is InChI=1S/C15H31NO5Si/c1-14(2,3)21-13(19)16-11(12(17)18)9-10-20-22(7,8)15(4,5)6/h11H,9-10H2,1-8H3,(H,16,19)(H,17,18)/t11-/m0/s1. The third kappa shape index (κ3) is 7.79. The maximum Gasteiger partial charge on any atom is 0.408 e. The lowest BCUT2D eigenvalue weighted by atomic mass is 10.2. The van der Waals surface area contributed by atoms with E-state index in [1.165, 1.54) is 0 Å². The topological polar surface area (TPSA) is 84.9 Å². The number of carbonyl (C=O) groups is 2. The molecule has 6 nitrogen and oxygen atoms in total. The van der Waals surface area contributed by atoms with Crippen molar-refractivity contribution in [3.8, 4) is 0 Å². The Morgan fingerprint density at radius 2 is 1.64 bits per heavy atom. The van der Waals surface area contributed by atoms with Crippen LogP contribution in [0.25, 0.3) is 0 Å². The van der Waals surface area contributed by atoms with E-state index in [1.54, 1.807) is 20.8 Å². The Balaban J connectivity index is 4.51. The molecule has 0 saturated heterocycles. The van der Waals surface area contributed by atoms with Crippen molar-refractivity contribution < 1.29 is 23.9 Å². The molecule has 0 heterocycles. The smallest absolute Gasteiger partial charge is 0.408 e. The van der Waals surface area contributed by atoms with Crippen molar-refractivity contribution in [2.45, 2.75) is 77.7 Å². The molecule has 1 atom stereocenters. The number of rotatable bonds is 6. The van der Waals surface area contributed by atoms with Gasteiger partial charge < -0.3 is 19.6 Å². The molecule has 0 aromatic rings. The molecule has 0 spiro atoms. The number of carbonyl (C=O) groups excluding carboxylic acids is 1. The monoisotopic (exact) mass is 333 g/mol. The molecule has 0 saturated carbocycles. The summed E-state index contributed by atoms with van der Waals surface area (Å²) < 4.78 is 11.0. The van der Waals surface area contributed by atoms with Crippen LogP contribution >= 0.6 is 0 Å². The van der Waals surface area contributed by atoms with Gasteiger partial charge in [-0.3, -0.25) is 0 Å². The van der Waals surface area contributed by atoms with E-state index in [0.29, 0.717) is 6.61 Å². The van der Waals surface area contributed by atoms with Gasteiger partial charge in [-0.15, -0.1) is 0 Å². The number of aliphatic carboxylic acids is 1. The number of amides is 1. The van der Waals surface area contributed by atoms with Crippen molar-refractivity contribution >= 4 is 20.4 Å². The van der Waals surface area contributed by atoms with E-state index in [1.807, 2.05) is 0 Å². The lowest BCUT2D eigenvalue weighted by Crippen LogP contribution is -2.46. The summed E-state index contributed by atoms with van der Waals surface area (Å²) in [5.41, 5.74) is -0.662. The summed E-state index contributed by atoms with van der Waals surface area (Å²) in [5.74, 6) is -1.09. The number of carboxylic acids is 1. The average molecular weight is 334 g/mol. The molecule has 7 heteroatoms.